The van der Waals surface area contributed by atoms with Gasteiger partial charge >= 0.3 is 0 Å². The molecule has 0 fully saturated rings. The van der Waals surface area contributed by atoms with Crippen molar-refractivity contribution < 1.29 is 92.7 Å². The third-order valence-electron chi connectivity index (χ3n) is 9.88. The molecule has 4 aromatic rings. The third-order valence-corrected chi connectivity index (χ3v) is 9.88. The van der Waals surface area contributed by atoms with Crippen molar-refractivity contribution in [2.75, 3.05) is 19.6 Å². The second-order valence-corrected chi connectivity index (χ2v) is 13.3. The van der Waals surface area contributed by atoms with Crippen molar-refractivity contribution in [1.82, 2.24) is 0 Å². The average Bonchev–Trinajstić information content (AvgIpc) is 3.20. The van der Waals surface area contributed by atoms with Gasteiger partial charge in [0, 0.05) is 11.8 Å². The van der Waals surface area contributed by atoms with Crippen LogP contribution < -0.4 is 26.8 Å². The molecule has 0 radical (unpaired) electrons. The fourth-order valence-corrected chi connectivity index (χ4v) is 6.52. The van der Waals surface area contributed by atoms with Crippen LogP contribution in [0, 0.1) is 128 Å². The molecule has 0 aromatic heterocycles. The highest BCUT2D eigenvalue weighted by atomic mass is 19.2. The summed E-state index contributed by atoms with van der Waals surface area (Å²) in [6, 6.07) is 0. The summed E-state index contributed by atoms with van der Waals surface area (Å²) in [6.07, 6.45) is -4.57. The predicted octanol–water partition coefficient (Wildman–Crippen LogP) is 7.83. The molecule has 2 atom stereocenters. The van der Waals surface area contributed by atoms with Crippen molar-refractivity contribution in [3.05, 3.63) is 116 Å². The van der Waals surface area contributed by atoms with Gasteiger partial charge in [-0.2, -0.15) is 0 Å². The van der Waals surface area contributed by atoms with Crippen LogP contribution in [0.25, 0.3) is 0 Å². The topological polar surface area (TPSA) is 4.44 Å². The zero-order valence-electron chi connectivity index (χ0n) is 30.3. The summed E-state index contributed by atoms with van der Waals surface area (Å²) in [6.45, 7) is 15.6. The third kappa shape index (κ3) is 7.83. The first-order valence-corrected chi connectivity index (χ1v) is 16.9. The van der Waals surface area contributed by atoms with Gasteiger partial charge in [0.25, 0.3) is 0 Å². The van der Waals surface area contributed by atoms with Crippen molar-refractivity contribution in [3.8, 4) is 0 Å². The molecule has 1 nitrogen and oxygen atoms in total. The molecule has 58 heavy (non-hydrogen) atoms. The SMILES string of the molecule is CCC(C)C[NH+](CC)CC(C)CC.Fc1c(F)c(F)c([B-](c2c(F)c(F)c(F)c(F)c2F)(c2c(F)c(F)c(F)c(F)c2F)c2c(F)c(F)c(F)c(F)c2F)c(F)c1F. The van der Waals surface area contributed by atoms with Gasteiger partial charge in [0.05, 0.1) is 19.6 Å². The lowest BCUT2D eigenvalue weighted by Gasteiger charge is -2.44. The number of quaternary nitrogens is 1. The van der Waals surface area contributed by atoms with Crippen LogP contribution in [0.2, 0.25) is 0 Å². The van der Waals surface area contributed by atoms with Crippen molar-refractivity contribution in [2.45, 2.75) is 47.5 Å². The number of rotatable bonds is 11. The Kier molecular flexibility index (Phi) is 15.0. The smallest absolute Gasteiger partial charge is 0.200 e. The van der Waals surface area contributed by atoms with E-state index < -0.39 is 144 Å². The maximum absolute atomic E-state index is 15.4. The standard InChI is InChI=1S/C24BF20.C12H27N/c26-5-1(6(27)14(35)21(42)13(5)34)25(2-7(28)15(36)22(43)16(37)8(2)29,3-9(30)17(38)23(44)18(39)10(3)31)4-11(32)19(40)24(45)20(41)12(4)33;1-6-11(4)9-13(8-3)10-12(5)7-2/h;11-12H,6-10H2,1-5H3/q-1;/p+1. The largest absolute Gasteiger partial charge is 0.335 e. The van der Waals surface area contributed by atoms with Crippen molar-refractivity contribution in [3.63, 3.8) is 0 Å². The monoisotopic (exact) mass is 865 g/mol. The van der Waals surface area contributed by atoms with Gasteiger partial charge in [0.2, 0.25) is 0 Å². The molecule has 2 unspecified atom stereocenters. The highest BCUT2D eigenvalue weighted by Gasteiger charge is 2.52. The molecule has 22 heteroatoms. The number of hydrogen-bond donors (Lipinski definition) is 1. The van der Waals surface area contributed by atoms with Crippen LogP contribution in [0.1, 0.15) is 47.5 Å². The van der Waals surface area contributed by atoms with Gasteiger partial charge in [0.1, 0.15) is 52.7 Å². The minimum Gasteiger partial charge on any atom is -0.335 e. The van der Waals surface area contributed by atoms with Crippen LogP contribution in [0.5, 0.6) is 0 Å². The van der Waals surface area contributed by atoms with E-state index in [2.05, 4.69) is 34.6 Å². The van der Waals surface area contributed by atoms with Crippen LogP contribution >= 0.6 is 0 Å². The minimum atomic E-state index is -7.22. The van der Waals surface area contributed by atoms with E-state index in [1.54, 1.807) is 4.90 Å². The summed E-state index contributed by atoms with van der Waals surface area (Å²) in [5.74, 6) is -69.6. The molecule has 1 N–H and O–H groups in total. The molecule has 0 saturated carbocycles. The molecule has 0 heterocycles. The van der Waals surface area contributed by atoms with Gasteiger partial charge in [-0.05, 0) is 19.8 Å². The molecule has 4 rings (SSSR count). The molecule has 0 amide bonds. The van der Waals surface area contributed by atoms with Gasteiger partial charge in [-0.15, -0.1) is 21.9 Å². The van der Waals surface area contributed by atoms with Crippen molar-refractivity contribution in [2.24, 2.45) is 11.8 Å². The zero-order valence-corrected chi connectivity index (χ0v) is 30.3. The second-order valence-electron chi connectivity index (χ2n) is 13.3. The second kappa shape index (κ2) is 18.2. The molecule has 0 aliphatic rings. The van der Waals surface area contributed by atoms with Crippen LogP contribution in [0.15, 0.2) is 0 Å². The van der Waals surface area contributed by atoms with E-state index in [1.807, 2.05) is 0 Å². The molecule has 4 aromatic carbocycles. The maximum Gasteiger partial charge on any atom is 0.200 e. The lowest BCUT2D eigenvalue weighted by Crippen LogP contribution is -3.13. The van der Waals surface area contributed by atoms with Gasteiger partial charge in [-0.3, -0.25) is 0 Å². The van der Waals surface area contributed by atoms with Crippen LogP contribution in [-0.2, 0) is 0 Å². The molecule has 0 spiro atoms. The van der Waals surface area contributed by atoms with E-state index in [-0.39, 0.29) is 0 Å². The molecule has 0 bridgehead atoms. The van der Waals surface area contributed by atoms with E-state index in [9.17, 15) is 52.7 Å². The first-order chi connectivity index (χ1) is 26.8. The fraction of sp³-hybridized carbons (Fsp3) is 0.333. The number of benzene rings is 4. The van der Waals surface area contributed by atoms with Crippen LogP contribution in [0.4, 0.5) is 87.8 Å². The molecule has 320 valence electrons. The fourth-order valence-electron chi connectivity index (χ4n) is 6.52. The number of nitrogens with one attached hydrogen (secondary N) is 1. The molecule has 0 aliphatic heterocycles. The summed E-state index contributed by atoms with van der Waals surface area (Å²) < 4.78 is 294. The van der Waals surface area contributed by atoms with Crippen molar-refractivity contribution in [1.29, 1.82) is 0 Å². The molecule has 0 saturated heterocycles. The first-order valence-electron chi connectivity index (χ1n) is 16.9. The quantitative estimate of drug-likeness (QED) is 0.0680. The van der Waals surface area contributed by atoms with Gasteiger partial charge in [0.15, 0.2) is 69.8 Å². The number of hydrogen-bond acceptors (Lipinski definition) is 0. The summed E-state index contributed by atoms with van der Waals surface area (Å²) >= 11 is 0. The summed E-state index contributed by atoms with van der Waals surface area (Å²) in [5, 5.41) is 0. The van der Waals surface area contributed by atoms with E-state index in [1.165, 1.54) is 32.5 Å². The Morgan fingerprint density at radius 3 is 0.603 bits per heavy atom. The zero-order chi connectivity index (χ0) is 44.6. The molecular weight excluding hydrogens is 837 g/mol. The average molecular weight is 865 g/mol. The van der Waals surface area contributed by atoms with Crippen molar-refractivity contribution >= 4 is 28.0 Å². The normalized spacial score (nSPS) is 13.4. The molecule has 0 aliphatic carbocycles. The van der Waals surface area contributed by atoms with Gasteiger partial charge in [-0.1, -0.05) is 27.7 Å². The Morgan fingerprint density at radius 2 is 0.466 bits per heavy atom. The van der Waals surface area contributed by atoms with Crippen LogP contribution in [0.3, 0.4) is 0 Å². The Morgan fingerprint density at radius 1 is 0.310 bits per heavy atom. The summed E-state index contributed by atoms with van der Waals surface area (Å²) in [4.78, 5) is 1.78. The van der Waals surface area contributed by atoms with E-state index >= 15 is 35.1 Å². The molecular formula is C36H28BF20N. The Hall–Kier alpha value is -4.50. The first kappa shape index (κ1) is 47.9. The van der Waals surface area contributed by atoms with Gasteiger partial charge < -0.3 is 4.90 Å². The Labute approximate surface area is 316 Å². The summed E-state index contributed by atoms with van der Waals surface area (Å²) in [7, 11) is 0. The highest BCUT2D eigenvalue weighted by molar-refractivity contribution is 7.20. The van der Waals surface area contributed by atoms with E-state index in [0.29, 0.717) is 0 Å². The Balaban J connectivity index is 0.000000594. The maximum atomic E-state index is 15.4. The minimum absolute atomic E-state index is 0.888. The lowest BCUT2D eigenvalue weighted by atomic mass is 9.12. The Bertz CT molecular complexity index is 1820. The number of halogens is 20. The lowest BCUT2D eigenvalue weighted by molar-refractivity contribution is -0.904. The van der Waals surface area contributed by atoms with Gasteiger partial charge in [-0.25, -0.2) is 87.8 Å². The highest BCUT2D eigenvalue weighted by Crippen LogP contribution is 2.30. The van der Waals surface area contributed by atoms with E-state index in [4.69, 9.17) is 0 Å². The summed E-state index contributed by atoms with van der Waals surface area (Å²) in [5.41, 5.74) is -14.3. The predicted molar refractivity (Wildman–Crippen MR) is 169 cm³/mol. The van der Waals surface area contributed by atoms with Crippen LogP contribution in [-0.4, -0.2) is 25.8 Å². The van der Waals surface area contributed by atoms with E-state index in [0.717, 1.165) is 11.8 Å².